The van der Waals surface area contributed by atoms with E-state index in [9.17, 15) is 13.2 Å². The summed E-state index contributed by atoms with van der Waals surface area (Å²) in [5.74, 6) is 0. The molecular weight excluding hydrogens is 253 g/mol. The first kappa shape index (κ1) is 12.6. The predicted molar refractivity (Wildman–Crippen MR) is 69.5 cm³/mol. The minimum atomic E-state index is -4.28. The van der Waals surface area contributed by atoms with E-state index in [1.165, 1.54) is 18.6 Å². The van der Waals surface area contributed by atoms with Gasteiger partial charge in [0.15, 0.2) is 0 Å². The molecule has 1 aliphatic carbocycles. The average molecular weight is 270 g/mol. The van der Waals surface area contributed by atoms with Gasteiger partial charge in [-0.25, -0.2) is 0 Å². The Labute approximate surface area is 110 Å². The summed E-state index contributed by atoms with van der Waals surface area (Å²) in [6.45, 7) is 3.64. The summed E-state index contributed by atoms with van der Waals surface area (Å²) in [7, 11) is 0. The molecule has 2 aliphatic rings. The van der Waals surface area contributed by atoms with Crippen molar-refractivity contribution in [1.82, 2.24) is 0 Å². The first-order valence-electron chi connectivity index (χ1n) is 6.69. The highest BCUT2D eigenvalue weighted by Crippen LogP contribution is 2.47. The largest absolute Gasteiger partial charge is 0.416 e. The van der Waals surface area contributed by atoms with E-state index in [1.807, 2.05) is 0 Å². The smallest absolute Gasteiger partial charge is 0.381 e. The van der Waals surface area contributed by atoms with E-state index in [4.69, 9.17) is 0 Å². The first-order chi connectivity index (χ1) is 8.96. The lowest BCUT2D eigenvalue weighted by atomic mass is 9.73. The van der Waals surface area contributed by atoms with Crippen LogP contribution in [0.2, 0.25) is 0 Å². The second-order valence-electron chi connectivity index (χ2n) is 5.41. The molecule has 2 nitrogen and oxygen atoms in total. The Balaban J connectivity index is 2.00. The highest BCUT2D eigenvalue weighted by atomic mass is 19.4. The van der Waals surface area contributed by atoms with Crippen LogP contribution in [0, 0.1) is 0 Å². The fourth-order valence-corrected chi connectivity index (χ4v) is 3.24. The van der Waals surface area contributed by atoms with Gasteiger partial charge in [0.1, 0.15) is 0 Å². The van der Waals surface area contributed by atoms with Crippen LogP contribution in [0.3, 0.4) is 0 Å². The van der Waals surface area contributed by atoms with Gasteiger partial charge in [-0.2, -0.15) is 13.2 Å². The molecule has 1 aliphatic heterocycles. The normalized spacial score (nSPS) is 20.7. The zero-order valence-electron chi connectivity index (χ0n) is 10.8. The lowest BCUT2D eigenvalue weighted by Crippen LogP contribution is -2.60. The average Bonchev–Trinajstić information content (AvgIpc) is 2.33. The summed E-state index contributed by atoms with van der Waals surface area (Å²) < 4.78 is 38.2. The number of rotatable bonds is 1. The van der Waals surface area contributed by atoms with Gasteiger partial charge in [-0.3, -0.25) is 0 Å². The SMILES string of the molecule is CCN1c2ccc(C(F)(F)F)cc2NCC12CCC2. The zero-order valence-corrected chi connectivity index (χ0v) is 10.8. The van der Waals surface area contributed by atoms with Crippen molar-refractivity contribution in [3.05, 3.63) is 23.8 Å². The Hall–Kier alpha value is -1.39. The van der Waals surface area contributed by atoms with Gasteiger partial charge in [-0.1, -0.05) is 0 Å². The number of halogens is 3. The van der Waals surface area contributed by atoms with Crippen molar-refractivity contribution in [3.63, 3.8) is 0 Å². The number of benzene rings is 1. The lowest BCUT2D eigenvalue weighted by molar-refractivity contribution is -0.137. The summed E-state index contributed by atoms with van der Waals surface area (Å²) >= 11 is 0. The standard InChI is InChI=1S/C14H17F3N2/c1-2-19-12-5-4-10(14(15,16)17)8-11(12)18-9-13(19)6-3-7-13/h4-5,8,18H,2-3,6-7,9H2,1H3. The van der Waals surface area contributed by atoms with Gasteiger partial charge < -0.3 is 10.2 Å². The summed E-state index contributed by atoms with van der Waals surface area (Å²) in [5, 5.41) is 3.19. The summed E-state index contributed by atoms with van der Waals surface area (Å²) in [5.41, 5.74) is 1.05. The quantitative estimate of drug-likeness (QED) is 0.833. The summed E-state index contributed by atoms with van der Waals surface area (Å²) in [4.78, 5) is 2.27. The number of hydrogen-bond acceptors (Lipinski definition) is 2. The molecule has 1 spiro atoms. The second-order valence-corrected chi connectivity index (χ2v) is 5.41. The highest BCUT2D eigenvalue weighted by Gasteiger charge is 2.45. The van der Waals surface area contributed by atoms with Crippen LogP contribution in [0.5, 0.6) is 0 Å². The molecule has 0 amide bonds. The van der Waals surface area contributed by atoms with Gasteiger partial charge >= 0.3 is 6.18 Å². The van der Waals surface area contributed by atoms with Crippen molar-refractivity contribution in [2.24, 2.45) is 0 Å². The van der Waals surface area contributed by atoms with Gasteiger partial charge in [0.2, 0.25) is 0 Å². The Bertz CT molecular complexity index is 492. The molecule has 0 aromatic heterocycles. The van der Waals surface area contributed by atoms with E-state index in [0.717, 1.165) is 31.6 Å². The Morgan fingerprint density at radius 3 is 2.58 bits per heavy atom. The van der Waals surface area contributed by atoms with Crippen LogP contribution in [0.1, 0.15) is 31.7 Å². The molecule has 1 aromatic carbocycles. The Morgan fingerprint density at radius 1 is 1.32 bits per heavy atom. The van der Waals surface area contributed by atoms with Crippen LogP contribution >= 0.6 is 0 Å². The van der Waals surface area contributed by atoms with Crippen LogP contribution < -0.4 is 10.2 Å². The van der Waals surface area contributed by atoms with Crippen LogP contribution in [0.25, 0.3) is 0 Å². The van der Waals surface area contributed by atoms with Gasteiger partial charge in [0.05, 0.1) is 22.5 Å². The number of hydrogen-bond donors (Lipinski definition) is 1. The molecule has 1 N–H and O–H groups in total. The van der Waals surface area contributed by atoms with Crippen LogP contribution in [0.15, 0.2) is 18.2 Å². The molecule has 1 heterocycles. The summed E-state index contributed by atoms with van der Waals surface area (Å²) in [6.07, 6.45) is -0.837. The molecule has 0 bridgehead atoms. The molecule has 19 heavy (non-hydrogen) atoms. The van der Waals surface area contributed by atoms with Gasteiger partial charge in [-0.05, 0) is 44.4 Å². The van der Waals surface area contributed by atoms with Crippen LogP contribution in [-0.2, 0) is 6.18 Å². The Morgan fingerprint density at radius 2 is 2.05 bits per heavy atom. The van der Waals surface area contributed by atoms with E-state index >= 15 is 0 Å². The van der Waals surface area contributed by atoms with Crippen molar-refractivity contribution in [1.29, 1.82) is 0 Å². The molecule has 1 fully saturated rings. The topological polar surface area (TPSA) is 15.3 Å². The number of likely N-dealkylation sites (N-methyl/N-ethyl adjacent to an activating group) is 1. The Kier molecular flexibility index (Phi) is 2.69. The van der Waals surface area contributed by atoms with Gasteiger partial charge in [-0.15, -0.1) is 0 Å². The van der Waals surface area contributed by atoms with Crippen molar-refractivity contribution < 1.29 is 13.2 Å². The lowest BCUT2D eigenvalue weighted by Gasteiger charge is -2.54. The second kappa shape index (κ2) is 4.05. The third kappa shape index (κ3) is 1.86. The maximum atomic E-state index is 12.7. The number of nitrogens with zero attached hydrogens (tertiary/aromatic N) is 1. The van der Waals surface area contributed by atoms with E-state index in [0.29, 0.717) is 5.69 Å². The number of nitrogens with one attached hydrogen (secondary N) is 1. The molecule has 104 valence electrons. The third-order valence-electron chi connectivity index (χ3n) is 4.40. The maximum Gasteiger partial charge on any atom is 0.416 e. The highest BCUT2D eigenvalue weighted by molar-refractivity contribution is 5.75. The zero-order chi connectivity index (χ0) is 13.7. The van der Waals surface area contributed by atoms with Crippen LogP contribution in [0.4, 0.5) is 24.5 Å². The number of alkyl halides is 3. The minimum Gasteiger partial charge on any atom is -0.381 e. The predicted octanol–water partition coefficient (Wildman–Crippen LogP) is 3.88. The van der Waals surface area contributed by atoms with E-state index in [2.05, 4.69) is 17.1 Å². The monoisotopic (exact) mass is 270 g/mol. The fraction of sp³-hybridized carbons (Fsp3) is 0.571. The number of fused-ring (bicyclic) bond motifs is 1. The molecule has 1 saturated carbocycles. The van der Waals surface area contributed by atoms with Crippen molar-refractivity contribution >= 4 is 11.4 Å². The van der Waals surface area contributed by atoms with Gasteiger partial charge in [0, 0.05) is 13.1 Å². The van der Waals surface area contributed by atoms with Crippen molar-refractivity contribution in [3.8, 4) is 0 Å². The summed E-state index contributed by atoms with van der Waals surface area (Å²) in [6, 6.07) is 4.01. The fourth-order valence-electron chi connectivity index (χ4n) is 3.24. The van der Waals surface area contributed by atoms with E-state index < -0.39 is 11.7 Å². The third-order valence-corrected chi connectivity index (χ3v) is 4.40. The first-order valence-corrected chi connectivity index (χ1v) is 6.69. The molecular formula is C14H17F3N2. The molecule has 0 unspecified atom stereocenters. The van der Waals surface area contributed by atoms with E-state index in [1.54, 1.807) is 6.07 Å². The molecule has 5 heteroatoms. The van der Waals surface area contributed by atoms with E-state index in [-0.39, 0.29) is 5.54 Å². The molecule has 0 radical (unpaired) electrons. The number of anilines is 2. The van der Waals surface area contributed by atoms with Crippen molar-refractivity contribution in [2.75, 3.05) is 23.3 Å². The van der Waals surface area contributed by atoms with Crippen LogP contribution in [-0.4, -0.2) is 18.6 Å². The maximum absolute atomic E-state index is 12.7. The minimum absolute atomic E-state index is 0.126. The van der Waals surface area contributed by atoms with Crippen molar-refractivity contribution in [2.45, 2.75) is 37.9 Å². The van der Waals surface area contributed by atoms with Gasteiger partial charge in [0.25, 0.3) is 0 Å². The molecule has 1 aromatic rings. The molecule has 0 atom stereocenters. The molecule has 3 rings (SSSR count). The molecule has 0 saturated heterocycles.